The van der Waals surface area contributed by atoms with E-state index < -0.39 is 28.4 Å². The smallest absolute Gasteiger partial charge is 0.326 e. The lowest BCUT2D eigenvalue weighted by atomic mass is 9.86. The third-order valence-corrected chi connectivity index (χ3v) is 5.40. The van der Waals surface area contributed by atoms with E-state index in [1.807, 2.05) is 0 Å². The van der Waals surface area contributed by atoms with Gasteiger partial charge in [0.05, 0.1) is 11.0 Å². The number of aliphatic carboxylic acids is 1. The van der Waals surface area contributed by atoms with Crippen LogP contribution in [0.15, 0.2) is 29.2 Å². The number of hydrogen-bond acceptors (Lipinski definition) is 6. The zero-order valence-corrected chi connectivity index (χ0v) is 15.8. The Morgan fingerprint density at radius 1 is 1.38 bits per heavy atom. The number of carbonyl (C=O) groups excluding carboxylic acids is 1. The Labute approximate surface area is 156 Å². The van der Waals surface area contributed by atoms with Crippen molar-refractivity contribution in [2.75, 3.05) is 6.54 Å². The summed E-state index contributed by atoms with van der Waals surface area (Å²) in [6.45, 7) is 5.85. The quantitative estimate of drug-likeness (QED) is 0.442. The van der Waals surface area contributed by atoms with Crippen LogP contribution in [0.5, 0.6) is 0 Å². The molecule has 0 spiro atoms. The van der Waals surface area contributed by atoms with Crippen molar-refractivity contribution in [1.29, 1.82) is 0 Å². The Kier molecular flexibility index (Phi) is 6.25. The molecule has 0 saturated carbocycles. The highest BCUT2D eigenvalue weighted by Crippen LogP contribution is 2.36. The predicted molar refractivity (Wildman–Crippen MR) is 97.7 cm³/mol. The average molecular weight is 381 g/mol. The Hall–Kier alpha value is -2.13. The molecule has 1 aliphatic rings. The van der Waals surface area contributed by atoms with Gasteiger partial charge in [0.15, 0.2) is 0 Å². The van der Waals surface area contributed by atoms with E-state index in [2.05, 4.69) is 5.32 Å². The molecule has 8 nitrogen and oxygen atoms in total. The predicted octanol–water partition coefficient (Wildman–Crippen LogP) is 2.68. The number of nitrogens with one attached hydrogen (secondary N) is 1. The number of carbonyl (C=O) groups is 2. The molecule has 26 heavy (non-hydrogen) atoms. The monoisotopic (exact) mass is 381 g/mol. The molecular formula is C17H23N3O5S. The molecule has 9 heteroatoms. The third-order valence-electron chi connectivity index (χ3n) is 4.18. The van der Waals surface area contributed by atoms with Gasteiger partial charge in [0.2, 0.25) is 5.91 Å². The van der Waals surface area contributed by atoms with Crippen molar-refractivity contribution in [2.24, 2.45) is 5.41 Å². The molecule has 2 rings (SSSR count). The molecule has 1 heterocycles. The lowest BCUT2D eigenvalue weighted by Gasteiger charge is -2.30. The van der Waals surface area contributed by atoms with E-state index in [4.69, 9.17) is 0 Å². The minimum atomic E-state index is -1.08. The van der Waals surface area contributed by atoms with E-state index in [0.29, 0.717) is 17.9 Å². The second-order valence-electron chi connectivity index (χ2n) is 7.26. The van der Waals surface area contributed by atoms with Crippen LogP contribution in [0, 0.1) is 15.5 Å². The van der Waals surface area contributed by atoms with Gasteiger partial charge in [-0.3, -0.25) is 14.9 Å². The minimum Gasteiger partial charge on any atom is -0.480 e. The van der Waals surface area contributed by atoms with E-state index in [9.17, 15) is 24.8 Å². The molecule has 1 aromatic rings. The van der Waals surface area contributed by atoms with Gasteiger partial charge in [0, 0.05) is 12.6 Å². The first-order valence-electron chi connectivity index (χ1n) is 8.32. The summed E-state index contributed by atoms with van der Waals surface area (Å²) in [6.07, 6.45) is 1.34. The van der Waals surface area contributed by atoms with E-state index >= 15 is 0 Å². The fourth-order valence-corrected chi connectivity index (χ4v) is 3.99. The van der Waals surface area contributed by atoms with Crippen LogP contribution in [-0.2, 0) is 9.59 Å². The molecule has 1 fully saturated rings. The number of hydrogen-bond donors (Lipinski definition) is 2. The number of amides is 1. The summed E-state index contributed by atoms with van der Waals surface area (Å²) >= 11 is 1.17. The van der Waals surface area contributed by atoms with Crippen molar-refractivity contribution in [3.05, 3.63) is 34.4 Å². The van der Waals surface area contributed by atoms with Gasteiger partial charge < -0.3 is 10.4 Å². The van der Waals surface area contributed by atoms with Gasteiger partial charge >= 0.3 is 5.97 Å². The first-order valence-corrected chi connectivity index (χ1v) is 9.10. The van der Waals surface area contributed by atoms with E-state index in [0.717, 1.165) is 6.42 Å². The summed E-state index contributed by atoms with van der Waals surface area (Å²) in [7, 11) is 0. The highest BCUT2D eigenvalue weighted by atomic mass is 32.2. The van der Waals surface area contributed by atoms with Gasteiger partial charge in [-0.1, -0.05) is 32.9 Å². The second-order valence-corrected chi connectivity index (χ2v) is 8.35. The van der Waals surface area contributed by atoms with Crippen molar-refractivity contribution < 1.29 is 19.6 Å². The number of carboxylic acids is 1. The summed E-state index contributed by atoms with van der Waals surface area (Å²) in [4.78, 5) is 35.3. The second kappa shape index (κ2) is 8.05. The molecule has 2 N–H and O–H groups in total. The lowest BCUT2D eigenvalue weighted by molar-refractivity contribution is -0.387. The van der Waals surface area contributed by atoms with Crippen LogP contribution >= 0.6 is 11.9 Å². The van der Waals surface area contributed by atoms with Gasteiger partial charge in [-0.25, -0.2) is 9.10 Å². The van der Waals surface area contributed by atoms with Gasteiger partial charge in [0.25, 0.3) is 5.69 Å². The first-order chi connectivity index (χ1) is 12.1. The fourth-order valence-electron chi connectivity index (χ4n) is 2.81. The Balaban J connectivity index is 2.14. The molecule has 0 aromatic heterocycles. The number of carboxylic acid groups (broad SMARTS) is 1. The van der Waals surface area contributed by atoms with Crippen LogP contribution < -0.4 is 5.32 Å². The van der Waals surface area contributed by atoms with Gasteiger partial charge in [-0.15, -0.1) is 0 Å². The van der Waals surface area contributed by atoms with Crippen LogP contribution in [0.3, 0.4) is 0 Å². The molecule has 142 valence electrons. The van der Waals surface area contributed by atoms with Gasteiger partial charge in [-0.05, 0) is 36.3 Å². The zero-order valence-electron chi connectivity index (χ0n) is 15.0. The molecule has 0 unspecified atom stereocenters. The topological polar surface area (TPSA) is 113 Å². The Morgan fingerprint density at radius 3 is 2.62 bits per heavy atom. The van der Waals surface area contributed by atoms with Crippen molar-refractivity contribution in [3.8, 4) is 0 Å². The summed E-state index contributed by atoms with van der Waals surface area (Å²) in [6, 6.07) is 4.84. The number of nitro groups is 1. The number of nitrogens with zero attached hydrogens (tertiary/aromatic N) is 2. The number of benzene rings is 1. The number of rotatable bonds is 6. The molecule has 0 aliphatic carbocycles. The highest BCUT2D eigenvalue weighted by molar-refractivity contribution is 7.97. The summed E-state index contributed by atoms with van der Waals surface area (Å²) in [5, 5.41) is 23.2. The number of para-hydroxylation sites is 1. The van der Waals surface area contributed by atoms with E-state index in [1.165, 1.54) is 18.0 Å². The van der Waals surface area contributed by atoms with Crippen LogP contribution in [0.4, 0.5) is 5.69 Å². The molecule has 1 saturated heterocycles. The summed E-state index contributed by atoms with van der Waals surface area (Å²) in [5.41, 5.74) is -0.641. The standard InChI is InChI=1S/C17H23N3O5S/c1-17(2,3)14(16(22)23)18-15(21)12-8-6-10-19(12)26-13-9-5-4-7-11(13)20(24)25/h4-5,7,9,12,14H,6,8,10H2,1-3H3,(H,18,21)(H,22,23)/t12-,14+/m0/s1. The third kappa shape index (κ3) is 4.73. The summed E-state index contributed by atoms with van der Waals surface area (Å²) in [5.74, 6) is -1.45. The maximum Gasteiger partial charge on any atom is 0.326 e. The van der Waals surface area contributed by atoms with Crippen molar-refractivity contribution >= 4 is 29.5 Å². The summed E-state index contributed by atoms with van der Waals surface area (Å²) < 4.78 is 1.79. The average Bonchev–Trinajstić information content (AvgIpc) is 2.99. The van der Waals surface area contributed by atoms with Crippen LogP contribution in [0.1, 0.15) is 33.6 Å². The minimum absolute atomic E-state index is 0.0123. The van der Waals surface area contributed by atoms with Crippen LogP contribution in [0.25, 0.3) is 0 Å². The van der Waals surface area contributed by atoms with Crippen LogP contribution in [-0.4, -0.2) is 44.8 Å². The maximum absolute atomic E-state index is 12.7. The lowest BCUT2D eigenvalue weighted by Crippen LogP contribution is -2.53. The van der Waals surface area contributed by atoms with E-state index in [-0.39, 0.29) is 11.6 Å². The molecule has 0 radical (unpaired) electrons. The molecule has 1 aromatic carbocycles. The first kappa shape index (κ1) is 20.2. The van der Waals surface area contributed by atoms with Crippen molar-refractivity contribution in [2.45, 2.75) is 50.6 Å². The maximum atomic E-state index is 12.7. The molecule has 2 atom stereocenters. The van der Waals surface area contributed by atoms with Crippen molar-refractivity contribution in [3.63, 3.8) is 0 Å². The Morgan fingerprint density at radius 2 is 2.04 bits per heavy atom. The normalized spacial score (nSPS) is 19.1. The Bertz CT molecular complexity index is 704. The van der Waals surface area contributed by atoms with Gasteiger partial charge in [-0.2, -0.15) is 0 Å². The van der Waals surface area contributed by atoms with Crippen molar-refractivity contribution in [1.82, 2.24) is 9.62 Å². The molecule has 1 amide bonds. The van der Waals surface area contributed by atoms with E-state index in [1.54, 1.807) is 43.3 Å². The number of nitro benzene ring substituents is 1. The molecule has 0 bridgehead atoms. The molecule has 1 aliphatic heterocycles. The fraction of sp³-hybridized carbons (Fsp3) is 0.529. The molecular weight excluding hydrogens is 358 g/mol. The largest absolute Gasteiger partial charge is 0.480 e. The van der Waals surface area contributed by atoms with Gasteiger partial charge in [0.1, 0.15) is 10.9 Å². The zero-order chi connectivity index (χ0) is 19.5. The highest BCUT2D eigenvalue weighted by Gasteiger charge is 2.38. The van der Waals surface area contributed by atoms with Crippen LogP contribution in [0.2, 0.25) is 0 Å². The SMILES string of the molecule is CC(C)(C)[C@H](NC(=O)[C@@H]1CCCN1Sc1ccccc1[N+](=O)[O-])C(=O)O.